The van der Waals surface area contributed by atoms with Crippen molar-refractivity contribution in [1.29, 1.82) is 0 Å². The summed E-state index contributed by atoms with van der Waals surface area (Å²) in [6.07, 6.45) is 7.85. The van der Waals surface area contributed by atoms with Gasteiger partial charge in [-0.3, -0.25) is 4.79 Å². The molecule has 0 heterocycles. The lowest BCUT2D eigenvalue weighted by molar-refractivity contribution is -0.119. The first kappa shape index (κ1) is 15.6. The topological polar surface area (TPSA) is 35.5 Å². The zero-order chi connectivity index (χ0) is 12.1. The number of ketones is 1. The van der Waals surface area contributed by atoms with Crippen LogP contribution in [0.3, 0.4) is 0 Å². The summed E-state index contributed by atoms with van der Waals surface area (Å²) in [5.41, 5.74) is 0. The molecule has 0 N–H and O–H groups in total. The van der Waals surface area contributed by atoms with Crippen LogP contribution in [0.25, 0.3) is 0 Å². The molecule has 0 aliphatic heterocycles. The first-order valence-corrected chi connectivity index (χ1v) is 6.31. The van der Waals surface area contributed by atoms with Gasteiger partial charge in [-0.1, -0.05) is 12.8 Å². The number of hydrogen-bond acceptors (Lipinski definition) is 3. The van der Waals surface area contributed by atoms with Gasteiger partial charge < -0.3 is 9.47 Å². The molecule has 0 radical (unpaired) electrons. The molecule has 0 atom stereocenters. The van der Waals surface area contributed by atoms with Crippen LogP contribution in [0.2, 0.25) is 0 Å². The number of unbranched alkanes of at least 4 members (excludes halogenated alkanes) is 4. The van der Waals surface area contributed by atoms with Crippen molar-refractivity contribution in [1.82, 2.24) is 0 Å². The molecule has 0 bridgehead atoms. The number of ether oxygens (including phenoxy) is 2. The van der Waals surface area contributed by atoms with E-state index in [1.807, 2.05) is 0 Å². The Labute approximate surface area is 99.5 Å². The molecule has 0 aromatic carbocycles. The zero-order valence-electron chi connectivity index (χ0n) is 10.8. The van der Waals surface area contributed by atoms with Gasteiger partial charge in [-0.15, -0.1) is 0 Å². The summed E-state index contributed by atoms with van der Waals surface area (Å²) in [6, 6.07) is 0. The maximum atomic E-state index is 11.4. The van der Waals surface area contributed by atoms with Gasteiger partial charge in [0.25, 0.3) is 0 Å². The van der Waals surface area contributed by atoms with Gasteiger partial charge in [-0.25, -0.2) is 0 Å². The molecular formula is C13H26O3. The van der Waals surface area contributed by atoms with Gasteiger partial charge in [0.1, 0.15) is 5.78 Å². The minimum atomic E-state index is 0.412. The van der Waals surface area contributed by atoms with Crippen LogP contribution < -0.4 is 0 Å². The predicted molar refractivity (Wildman–Crippen MR) is 65.7 cm³/mol. The summed E-state index contributed by atoms with van der Waals surface area (Å²) in [7, 11) is 3.43. The molecule has 0 spiro atoms. The molecule has 0 aromatic rings. The fourth-order valence-electron chi connectivity index (χ4n) is 1.62. The van der Waals surface area contributed by atoms with Gasteiger partial charge in [0.15, 0.2) is 0 Å². The van der Waals surface area contributed by atoms with Crippen molar-refractivity contribution >= 4 is 5.78 Å². The molecule has 16 heavy (non-hydrogen) atoms. The molecule has 0 aliphatic carbocycles. The Balaban J connectivity index is 3.12. The molecular weight excluding hydrogens is 204 g/mol. The maximum Gasteiger partial charge on any atom is 0.132 e. The first-order chi connectivity index (χ1) is 7.81. The summed E-state index contributed by atoms with van der Waals surface area (Å²) in [4.78, 5) is 11.4. The lowest BCUT2D eigenvalue weighted by atomic mass is 10.1. The van der Waals surface area contributed by atoms with Crippen molar-refractivity contribution in [2.24, 2.45) is 0 Å². The van der Waals surface area contributed by atoms with E-state index in [9.17, 15) is 4.79 Å². The molecule has 0 saturated carbocycles. The van der Waals surface area contributed by atoms with Gasteiger partial charge in [0.05, 0.1) is 0 Å². The van der Waals surface area contributed by atoms with E-state index in [1.54, 1.807) is 14.2 Å². The normalized spacial score (nSPS) is 10.6. The monoisotopic (exact) mass is 230 g/mol. The lowest BCUT2D eigenvalue weighted by Crippen LogP contribution is -1.99. The molecule has 0 rings (SSSR count). The Morgan fingerprint density at radius 2 is 1.19 bits per heavy atom. The predicted octanol–water partition coefficient (Wildman–Crippen LogP) is 2.97. The van der Waals surface area contributed by atoms with Crippen molar-refractivity contribution in [3.8, 4) is 0 Å². The fourth-order valence-corrected chi connectivity index (χ4v) is 1.62. The van der Waals surface area contributed by atoms with Crippen molar-refractivity contribution in [3.63, 3.8) is 0 Å². The van der Waals surface area contributed by atoms with Crippen molar-refractivity contribution in [2.75, 3.05) is 27.4 Å². The van der Waals surface area contributed by atoms with E-state index in [1.165, 1.54) is 0 Å². The van der Waals surface area contributed by atoms with Crippen molar-refractivity contribution in [3.05, 3.63) is 0 Å². The molecule has 0 fully saturated rings. The van der Waals surface area contributed by atoms with Crippen LogP contribution in [0.4, 0.5) is 0 Å². The minimum absolute atomic E-state index is 0.412. The van der Waals surface area contributed by atoms with Crippen LogP contribution in [0, 0.1) is 0 Å². The Hall–Kier alpha value is -0.410. The first-order valence-electron chi connectivity index (χ1n) is 6.31. The number of Topliss-reactive ketones (excluding diaryl/α,β-unsaturated/α-hetero) is 1. The molecule has 3 heteroatoms. The molecule has 0 aromatic heterocycles. The molecule has 0 amide bonds. The number of carbonyl (C=O) groups is 1. The largest absolute Gasteiger partial charge is 0.385 e. The summed E-state index contributed by atoms with van der Waals surface area (Å²) >= 11 is 0. The van der Waals surface area contributed by atoms with Gasteiger partial charge in [-0.05, 0) is 25.7 Å². The van der Waals surface area contributed by atoms with E-state index in [0.29, 0.717) is 5.78 Å². The third-order valence-electron chi connectivity index (χ3n) is 2.61. The average Bonchev–Trinajstić information content (AvgIpc) is 2.28. The van der Waals surface area contributed by atoms with Crippen LogP contribution in [0.5, 0.6) is 0 Å². The smallest absolute Gasteiger partial charge is 0.132 e. The Morgan fingerprint density at radius 3 is 1.56 bits per heavy atom. The second-order valence-corrected chi connectivity index (χ2v) is 4.15. The van der Waals surface area contributed by atoms with Crippen LogP contribution in [-0.2, 0) is 14.3 Å². The van der Waals surface area contributed by atoms with E-state index in [0.717, 1.165) is 64.6 Å². The second-order valence-electron chi connectivity index (χ2n) is 4.15. The average molecular weight is 230 g/mol. The van der Waals surface area contributed by atoms with Gasteiger partial charge in [-0.2, -0.15) is 0 Å². The number of hydrogen-bond donors (Lipinski definition) is 0. The molecule has 96 valence electrons. The molecule has 0 aliphatic rings. The Kier molecular flexibility index (Phi) is 12.3. The van der Waals surface area contributed by atoms with Crippen LogP contribution >= 0.6 is 0 Å². The fraction of sp³-hybridized carbons (Fsp3) is 0.923. The van der Waals surface area contributed by atoms with E-state index in [4.69, 9.17) is 9.47 Å². The SMILES string of the molecule is COCCCCCC(=O)CCCCCOC. The summed E-state index contributed by atoms with van der Waals surface area (Å²) in [5.74, 6) is 0.412. The van der Waals surface area contributed by atoms with E-state index >= 15 is 0 Å². The third-order valence-corrected chi connectivity index (χ3v) is 2.61. The highest BCUT2D eigenvalue weighted by molar-refractivity contribution is 5.78. The highest BCUT2D eigenvalue weighted by atomic mass is 16.5. The molecule has 0 saturated heterocycles. The van der Waals surface area contributed by atoms with Gasteiger partial charge >= 0.3 is 0 Å². The van der Waals surface area contributed by atoms with Crippen LogP contribution in [-0.4, -0.2) is 33.2 Å². The maximum absolute atomic E-state index is 11.4. The quantitative estimate of drug-likeness (QED) is 0.483. The number of carbonyl (C=O) groups excluding carboxylic acids is 1. The van der Waals surface area contributed by atoms with E-state index < -0.39 is 0 Å². The summed E-state index contributed by atoms with van der Waals surface area (Å²) in [6.45, 7) is 1.62. The van der Waals surface area contributed by atoms with E-state index in [-0.39, 0.29) is 0 Å². The summed E-state index contributed by atoms with van der Waals surface area (Å²) in [5, 5.41) is 0. The highest BCUT2D eigenvalue weighted by Gasteiger charge is 2.01. The standard InChI is InChI=1S/C13H26O3/c1-15-11-7-3-5-9-13(14)10-6-4-8-12-16-2/h3-12H2,1-2H3. The van der Waals surface area contributed by atoms with Crippen molar-refractivity contribution < 1.29 is 14.3 Å². The van der Waals surface area contributed by atoms with E-state index in [2.05, 4.69) is 0 Å². The summed E-state index contributed by atoms with van der Waals surface area (Å²) < 4.78 is 9.91. The number of rotatable bonds is 12. The lowest BCUT2D eigenvalue weighted by Gasteiger charge is -2.02. The van der Waals surface area contributed by atoms with Gasteiger partial charge in [0.2, 0.25) is 0 Å². The highest BCUT2D eigenvalue weighted by Crippen LogP contribution is 2.06. The second kappa shape index (κ2) is 12.7. The Bertz CT molecular complexity index is 141. The minimum Gasteiger partial charge on any atom is -0.385 e. The Morgan fingerprint density at radius 1 is 0.750 bits per heavy atom. The van der Waals surface area contributed by atoms with Crippen molar-refractivity contribution in [2.45, 2.75) is 51.4 Å². The van der Waals surface area contributed by atoms with Gasteiger partial charge in [0, 0.05) is 40.3 Å². The number of methoxy groups -OCH3 is 2. The van der Waals surface area contributed by atoms with Crippen LogP contribution in [0.1, 0.15) is 51.4 Å². The molecule has 0 unspecified atom stereocenters. The zero-order valence-corrected chi connectivity index (χ0v) is 10.8. The third kappa shape index (κ3) is 11.7. The van der Waals surface area contributed by atoms with Crippen LogP contribution in [0.15, 0.2) is 0 Å². The molecule has 3 nitrogen and oxygen atoms in total.